The summed E-state index contributed by atoms with van der Waals surface area (Å²) in [6, 6.07) is 15.2. The Kier molecular flexibility index (Phi) is 5.03. The topological polar surface area (TPSA) is 79.6 Å². The van der Waals surface area contributed by atoms with Crippen LogP contribution in [-0.4, -0.2) is 48.9 Å². The highest BCUT2D eigenvalue weighted by Crippen LogP contribution is 2.28. The Hall–Kier alpha value is -3.49. The Morgan fingerprint density at radius 2 is 1.69 bits per heavy atom. The SMILES string of the molecule is C=C1CNCCN1c1ccc(-c2cnc3c(-c4ccc(S(C)(=O)=O)cc4)cnn3c2)cc1. The highest BCUT2D eigenvalue weighted by Gasteiger charge is 2.15. The lowest BCUT2D eigenvalue weighted by Crippen LogP contribution is -2.41. The first-order chi connectivity index (χ1) is 15.4. The van der Waals surface area contributed by atoms with Gasteiger partial charge in [-0.25, -0.2) is 17.9 Å². The van der Waals surface area contributed by atoms with Crippen LogP contribution in [-0.2, 0) is 9.84 Å². The van der Waals surface area contributed by atoms with Crippen LogP contribution in [0.4, 0.5) is 5.69 Å². The summed E-state index contributed by atoms with van der Waals surface area (Å²) in [5, 5.41) is 7.79. The van der Waals surface area contributed by atoms with Crippen molar-refractivity contribution in [2.75, 3.05) is 30.8 Å². The van der Waals surface area contributed by atoms with Crippen LogP contribution in [0.3, 0.4) is 0 Å². The minimum absolute atomic E-state index is 0.292. The molecule has 4 aromatic rings. The third-order valence-electron chi connectivity index (χ3n) is 5.69. The van der Waals surface area contributed by atoms with Crippen molar-refractivity contribution in [1.82, 2.24) is 19.9 Å². The first kappa shape index (κ1) is 20.4. The first-order valence-corrected chi connectivity index (χ1v) is 12.2. The molecular weight excluding hydrogens is 422 g/mol. The van der Waals surface area contributed by atoms with Gasteiger partial charge in [-0.1, -0.05) is 30.8 Å². The van der Waals surface area contributed by atoms with Gasteiger partial charge in [-0.15, -0.1) is 0 Å². The van der Waals surface area contributed by atoms with Gasteiger partial charge >= 0.3 is 0 Å². The average Bonchev–Trinajstić information content (AvgIpc) is 3.22. The summed E-state index contributed by atoms with van der Waals surface area (Å²) in [5.74, 6) is 0. The second-order valence-electron chi connectivity index (χ2n) is 7.91. The van der Waals surface area contributed by atoms with Crippen LogP contribution in [0.25, 0.3) is 27.9 Å². The Morgan fingerprint density at radius 1 is 0.969 bits per heavy atom. The monoisotopic (exact) mass is 445 g/mol. The number of hydrogen-bond acceptors (Lipinski definition) is 6. The molecule has 0 radical (unpaired) electrons. The zero-order valence-electron chi connectivity index (χ0n) is 17.7. The number of rotatable bonds is 4. The van der Waals surface area contributed by atoms with Crippen LogP contribution in [0.1, 0.15) is 0 Å². The fourth-order valence-electron chi connectivity index (χ4n) is 3.93. The van der Waals surface area contributed by atoms with Crippen molar-refractivity contribution in [3.63, 3.8) is 0 Å². The van der Waals surface area contributed by atoms with Crippen LogP contribution >= 0.6 is 0 Å². The summed E-state index contributed by atoms with van der Waals surface area (Å²) in [7, 11) is -3.23. The van der Waals surface area contributed by atoms with Crippen molar-refractivity contribution >= 4 is 21.2 Å². The summed E-state index contributed by atoms with van der Waals surface area (Å²) < 4.78 is 25.2. The standard InChI is InChI=1S/C24H23N5O2S/c1-17-13-25-11-12-28(17)21-7-3-18(4-8-21)20-14-26-24-23(15-27-29(24)16-20)19-5-9-22(10-6-19)32(2,30)31/h3-10,14-16,25H,1,11-13H2,2H3. The molecule has 8 heteroatoms. The molecule has 0 atom stereocenters. The van der Waals surface area contributed by atoms with Crippen LogP contribution in [0, 0.1) is 0 Å². The maximum atomic E-state index is 11.7. The minimum atomic E-state index is -3.23. The van der Waals surface area contributed by atoms with Gasteiger partial charge in [-0.3, -0.25) is 0 Å². The molecule has 162 valence electrons. The van der Waals surface area contributed by atoms with Gasteiger partial charge < -0.3 is 10.2 Å². The van der Waals surface area contributed by atoms with E-state index in [4.69, 9.17) is 0 Å². The molecule has 0 saturated carbocycles. The summed E-state index contributed by atoms with van der Waals surface area (Å²) >= 11 is 0. The molecule has 7 nitrogen and oxygen atoms in total. The second-order valence-corrected chi connectivity index (χ2v) is 9.92. The number of nitrogens with one attached hydrogen (secondary N) is 1. The number of hydrogen-bond donors (Lipinski definition) is 1. The lowest BCUT2D eigenvalue weighted by Gasteiger charge is -2.31. The molecule has 1 fully saturated rings. The number of aromatic nitrogens is 3. The van der Waals surface area contributed by atoms with Gasteiger partial charge in [0, 0.05) is 60.8 Å². The Balaban J connectivity index is 1.43. The molecule has 1 aliphatic heterocycles. The van der Waals surface area contributed by atoms with Crippen molar-refractivity contribution < 1.29 is 8.42 Å². The van der Waals surface area contributed by atoms with Crippen molar-refractivity contribution in [2.24, 2.45) is 0 Å². The molecule has 1 aliphatic rings. The van der Waals surface area contributed by atoms with Gasteiger partial charge in [0.2, 0.25) is 0 Å². The Bertz CT molecular complexity index is 1410. The van der Waals surface area contributed by atoms with Crippen LogP contribution in [0.5, 0.6) is 0 Å². The lowest BCUT2D eigenvalue weighted by atomic mass is 10.1. The zero-order valence-corrected chi connectivity index (χ0v) is 18.5. The first-order valence-electron chi connectivity index (χ1n) is 10.3. The molecule has 1 saturated heterocycles. The fourth-order valence-corrected chi connectivity index (χ4v) is 4.56. The molecule has 0 spiro atoms. The molecule has 1 N–H and O–H groups in total. The van der Waals surface area contributed by atoms with E-state index in [1.54, 1.807) is 35.0 Å². The summed E-state index contributed by atoms with van der Waals surface area (Å²) in [5.41, 5.74) is 6.66. The van der Waals surface area contributed by atoms with Crippen LogP contribution in [0.15, 0.2) is 84.3 Å². The molecule has 0 aliphatic carbocycles. The van der Waals surface area contributed by atoms with E-state index < -0.39 is 9.84 Å². The van der Waals surface area contributed by atoms with E-state index in [1.165, 1.54) is 6.26 Å². The van der Waals surface area contributed by atoms with Gasteiger partial charge in [0.25, 0.3) is 0 Å². The molecule has 32 heavy (non-hydrogen) atoms. The quantitative estimate of drug-likeness (QED) is 0.519. The molecule has 0 unspecified atom stereocenters. The highest BCUT2D eigenvalue weighted by molar-refractivity contribution is 7.90. The van der Waals surface area contributed by atoms with Crippen molar-refractivity contribution in [2.45, 2.75) is 4.90 Å². The van der Waals surface area contributed by atoms with Gasteiger partial charge in [0.05, 0.1) is 11.1 Å². The van der Waals surface area contributed by atoms with Crippen LogP contribution < -0.4 is 10.2 Å². The molecule has 5 rings (SSSR count). The molecule has 2 aromatic heterocycles. The summed E-state index contributed by atoms with van der Waals surface area (Å²) in [6.07, 6.45) is 6.74. The zero-order chi connectivity index (χ0) is 22.3. The Labute approximate surface area is 187 Å². The predicted molar refractivity (Wildman–Crippen MR) is 126 cm³/mol. The van der Waals surface area contributed by atoms with Gasteiger partial charge in [-0.2, -0.15) is 5.10 Å². The predicted octanol–water partition coefficient (Wildman–Crippen LogP) is 3.39. The fraction of sp³-hybridized carbons (Fsp3) is 0.167. The molecule has 2 aromatic carbocycles. The third kappa shape index (κ3) is 3.79. The van der Waals surface area contributed by atoms with E-state index in [1.807, 2.05) is 12.4 Å². The maximum Gasteiger partial charge on any atom is 0.175 e. The third-order valence-corrected chi connectivity index (χ3v) is 6.81. The number of anilines is 1. The minimum Gasteiger partial charge on any atom is -0.343 e. The summed E-state index contributed by atoms with van der Waals surface area (Å²) in [4.78, 5) is 7.16. The molecule has 3 heterocycles. The highest BCUT2D eigenvalue weighted by atomic mass is 32.2. The number of benzene rings is 2. The van der Waals surface area contributed by atoms with Crippen molar-refractivity contribution in [3.8, 4) is 22.3 Å². The summed E-state index contributed by atoms with van der Waals surface area (Å²) in [6.45, 7) is 6.80. The lowest BCUT2D eigenvalue weighted by molar-refractivity contribution is 0.602. The van der Waals surface area contributed by atoms with E-state index in [9.17, 15) is 8.42 Å². The van der Waals surface area contributed by atoms with Gasteiger partial charge in [0.1, 0.15) is 0 Å². The largest absolute Gasteiger partial charge is 0.343 e. The van der Waals surface area contributed by atoms with E-state index in [0.717, 1.165) is 58.9 Å². The van der Waals surface area contributed by atoms with E-state index in [0.29, 0.717) is 4.90 Å². The number of nitrogens with zero attached hydrogens (tertiary/aromatic N) is 4. The van der Waals surface area contributed by atoms with Gasteiger partial charge in [0.15, 0.2) is 15.5 Å². The second kappa shape index (κ2) is 7.89. The van der Waals surface area contributed by atoms with Crippen LogP contribution in [0.2, 0.25) is 0 Å². The maximum absolute atomic E-state index is 11.7. The van der Waals surface area contributed by atoms with E-state index in [2.05, 4.69) is 51.1 Å². The van der Waals surface area contributed by atoms with Gasteiger partial charge in [-0.05, 0) is 35.4 Å². The molecule has 0 bridgehead atoms. The molecular formula is C24H23N5O2S. The smallest absolute Gasteiger partial charge is 0.175 e. The molecule has 0 amide bonds. The number of fused-ring (bicyclic) bond motifs is 1. The number of piperazine rings is 1. The van der Waals surface area contributed by atoms with E-state index in [-0.39, 0.29) is 0 Å². The number of sulfone groups is 1. The van der Waals surface area contributed by atoms with E-state index >= 15 is 0 Å². The average molecular weight is 446 g/mol. The normalized spacial score (nSPS) is 14.8. The Morgan fingerprint density at radius 3 is 2.38 bits per heavy atom. The van der Waals surface area contributed by atoms with Crippen molar-refractivity contribution in [3.05, 3.63) is 79.4 Å². The van der Waals surface area contributed by atoms with Crippen molar-refractivity contribution in [1.29, 1.82) is 0 Å².